The summed E-state index contributed by atoms with van der Waals surface area (Å²) in [4.78, 5) is 1.89. The maximum Gasteiger partial charge on any atom is 0.146 e. The van der Waals surface area contributed by atoms with Crippen LogP contribution in [-0.4, -0.2) is 7.05 Å². The second-order valence-corrected chi connectivity index (χ2v) is 5.35. The first-order chi connectivity index (χ1) is 9.11. The molecule has 0 aliphatic heterocycles. The van der Waals surface area contributed by atoms with E-state index < -0.39 is 0 Å². The van der Waals surface area contributed by atoms with E-state index in [0.29, 0.717) is 18.8 Å². The van der Waals surface area contributed by atoms with Crippen LogP contribution in [-0.2, 0) is 13.1 Å². The van der Waals surface area contributed by atoms with Crippen LogP contribution in [0.25, 0.3) is 0 Å². The van der Waals surface area contributed by atoms with Crippen LogP contribution in [0.5, 0.6) is 0 Å². The number of hydrogen-bond acceptors (Lipinski definition) is 2. The first kappa shape index (κ1) is 14.0. The molecule has 0 heterocycles. The van der Waals surface area contributed by atoms with Gasteiger partial charge in [0.1, 0.15) is 5.82 Å². The highest BCUT2D eigenvalue weighted by Crippen LogP contribution is 2.25. The number of para-hydroxylation sites is 1. The Kier molecular flexibility index (Phi) is 4.56. The molecule has 4 heteroatoms. The van der Waals surface area contributed by atoms with Gasteiger partial charge in [0.15, 0.2) is 0 Å². The molecule has 0 spiro atoms. The molecule has 0 bridgehead atoms. The van der Waals surface area contributed by atoms with Crippen molar-refractivity contribution < 1.29 is 4.39 Å². The maximum absolute atomic E-state index is 13.9. The van der Waals surface area contributed by atoms with E-state index in [4.69, 9.17) is 5.73 Å². The summed E-state index contributed by atoms with van der Waals surface area (Å²) in [5.41, 5.74) is 8.19. The molecule has 2 aromatic carbocycles. The van der Waals surface area contributed by atoms with E-state index >= 15 is 0 Å². The van der Waals surface area contributed by atoms with Crippen LogP contribution in [0, 0.1) is 5.82 Å². The van der Waals surface area contributed by atoms with E-state index in [-0.39, 0.29) is 5.82 Å². The summed E-state index contributed by atoms with van der Waals surface area (Å²) in [6.07, 6.45) is 0. The fraction of sp³-hybridized carbons (Fsp3) is 0.200. The van der Waals surface area contributed by atoms with E-state index in [2.05, 4.69) is 15.9 Å². The van der Waals surface area contributed by atoms with Crippen molar-refractivity contribution in [3.63, 3.8) is 0 Å². The molecule has 0 amide bonds. The van der Waals surface area contributed by atoms with E-state index in [9.17, 15) is 4.39 Å². The third-order valence-corrected chi connectivity index (χ3v) is 3.53. The first-order valence-electron chi connectivity index (χ1n) is 6.05. The summed E-state index contributed by atoms with van der Waals surface area (Å²) in [5, 5.41) is 0. The van der Waals surface area contributed by atoms with Gasteiger partial charge in [0, 0.05) is 24.6 Å². The van der Waals surface area contributed by atoms with Crippen LogP contribution in [0.4, 0.5) is 10.1 Å². The molecule has 2 N–H and O–H groups in total. The molecule has 2 nitrogen and oxygen atoms in total. The lowest BCUT2D eigenvalue weighted by atomic mass is 10.1. The van der Waals surface area contributed by atoms with Crippen molar-refractivity contribution in [3.8, 4) is 0 Å². The summed E-state index contributed by atoms with van der Waals surface area (Å²) < 4.78 is 15.0. The van der Waals surface area contributed by atoms with Gasteiger partial charge in [-0.05, 0) is 29.3 Å². The molecule has 0 unspecified atom stereocenters. The first-order valence-corrected chi connectivity index (χ1v) is 6.84. The van der Waals surface area contributed by atoms with Gasteiger partial charge >= 0.3 is 0 Å². The van der Waals surface area contributed by atoms with Crippen molar-refractivity contribution in [1.82, 2.24) is 0 Å². The number of nitrogens with two attached hydrogens (primary N) is 1. The Hall–Kier alpha value is -1.39. The standard InChI is InChI=1S/C15H16BrFN2/c1-19(10-11-5-7-13(16)8-6-11)15-12(9-18)3-2-4-14(15)17/h2-8H,9-10,18H2,1H3. The molecule has 0 saturated heterocycles. The third-order valence-electron chi connectivity index (χ3n) is 3.00. The average molecular weight is 323 g/mol. The molecule has 2 rings (SSSR count). The monoisotopic (exact) mass is 322 g/mol. The molecule has 0 aliphatic rings. The summed E-state index contributed by atoms with van der Waals surface area (Å²) in [5.74, 6) is -0.234. The topological polar surface area (TPSA) is 29.3 Å². The number of rotatable bonds is 4. The smallest absolute Gasteiger partial charge is 0.146 e. The molecule has 0 aromatic heterocycles. The van der Waals surface area contributed by atoms with Gasteiger partial charge in [-0.15, -0.1) is 0 Å². The molecule has 2 aromatic rings. The lowest BCUT2D eigenvalue weighted by molar-refractivity contribution is 0.619. The SMILES string of the molecule is CN(Cc1ccc(Br)cc1)c1c(F)cccc1CN. The fourth-order valence-electron chi connectivity index (χ4n) is 2.09. The molecule has 100 valence electrons. The average Bonchev–Trinajstić information content (AvgIpc) is 2.40. The van der Waals surface area contributed by atoms with Gasteiger partial charge in [-0.2, -0.15) is 0 Å². The van der Waals surface area contributed by atoms with Crippen molar-refractivity contribution in [3.05, 3.63) is 63.9 Å². The van der Waals surface area contributed by atoms with E-state index in [0.717, 1.165) is 15.6 Å². The number of hydrogen-bond donors (Lipinski definition) is 1. The molecule has 0 saturated carbocycles. The molecule has 0 fully saturated rings. The van der Waals surface area contributed by atoms with Crippen LogP contribution in [0.1, 0.15) is 11.1 Å². The van der Waals surface area contributed by atoms with Crippen molar-refractivity contribution in [1.29, 1.82) is 0 Å². The van der Waals surface area contributed by atoms with Crippen molar-refractivity contribution in [2.75, 3.05) is 11.9 Å². The summed E-state index contributed by atoms with van der Waals surface area (Å²) in [6, 6.07) is 13.0. The zero-order valence-electron chi connectivity index (χ0n) is 10.7. The van der Waals surface area contributed by atoms with Crippen molar-refractivity contribution in [2.45, 2.75) is 13.1 Å². The Labute approximate surface area is 121 Å². The molecule has 0 radical (unpaired) electrons. The van der Waals surface area contributed by atoms with Gasteiger partial charge in [-0.25, -0.2) is 4.39 Å². The largest absolute Gasteiger partial charge is 0.368 e. The highest BCUT2D eigenvalue weighted by atomic mass is 79.9. The Bertz CT molecular complexity index is 555. The van der Waals surface area contributed by atoms with Crippen molar-refractivity contribution >= 4 is 21.6 Å². The predicted octanol–water partition coefficient (Wildman–Crippen LogP) is 3.68. The minimum atomic E-state index is -0.234. The molecule has 0 aliphatic carbocycles. The third kappa shape index (κ3) is 3.33. The quantitative estimate of drug-likeness (QED) is 0.930. The van der Waals surface area contributed by atoms with Gasteiger partial charge in [-0.1, -0.05) is 40.2 Å². The molecule has 0 atom stereocenters. The second-order valence-electron chi connectivity index (χ2n) is 4.43. The fourth-order valence-corrected chi connectivity index (χ4v) is 2.36. The number of anilines is 1. The van der Waals surface area contributed by atoms with E-state index in [1.165, 1.54) is 6.07 Å². The Morgan fingerprint density at radius 1 is 1.16 bits per heavy atom. The molecular formula is C15H16BrFN2. The van der Waals surface area contributed by atoms with E-state index in [1.54, 1.807) is 6.07 Å². The summed E-state index contributed by atoms with van der Waals surface area (Å²) >= 11 is 3.40. The summed E-state index contributed by atoms with van der Waals surface area (Å²) in [6.45, 7) is 0.971. The van der Waals surface area contributed by atoms with Gasteiger partial charge in [-0.3, -0.25) is 0 Å². The van der Waals surface area contributed by atoms with Gasteiger partial charge in [0.25, 0.3) is 0 Å². The van der Waals surface area contributed by atoms with Crippen LogP contribution in [0.3, 0.4) is 0 Å². The highest BCUT2D eigenvalue weighted by Gasteiger charge is 2.12. The lowest BCUT2D eigenvalue weighted by Crippen LogP contribution is -2.20. The van der Waals surface area contributed by atoms with Crippen LogP contribution in [0.15, 0.2) is 46.9 Å². The minimum Gasteiger partial charge on any atom is -0.368 e. The predicted molar refractivity (Wildman–Crippen MR) is 80.5 cm³/mol. The van der Waals surface area contributed by atoms with Gasteiger partial charge < -0.3 is 10.6 Å². The molecular weight excluding hydrogens is 307 g/mol. The normalized spacial score (nSPS) is 10.5. The Morgan fingerprint density at radius 3 is 2.47 bits per heavy atom. The lowest BCUT2D eigenvalue weighted by Gasteiger charge is -2.23. The van der Waals surface area contributed by atoms with Gasteiger partial charge in [0.05, 0.1) is 5.69 Å². The number of benzene rings is 2. The molecule has 19 heavy (non-hydrogen) atoms. The second kappa shape index (κ2) is 6.17. The highest BCUT2D eigenvalue weighted by molar-refractivity contribution is 9.10. The van der Waals surface area contributed by atoms with Crippen LogP contribution < -0.4 is 10.6 Å². The zero-order valence-corrected chi connectivity index (χ0v) is 12.3. The Morgan fingerprint density at radius 2 is 1.84 bits per heavy atom. The van der Waals surface area contributed by atoms with Crippen LogP contribution in [0.2, 0.25) is 0 Å². The zero-order chi connectivity index (χ0) is 13.8. The van der Waals surface area contributed by atoms with E-state index in [1.807, 2.05) is 42.3 Å². The number of halogens is 2. The van der Waals surface area contributed by atoms with Gasteiger partial charge in [0.2, 0.25) is 0 Å². The summed E-state index contributed by atoms with van der Waals surface area (Å²) in [7, 11) is 1.87. The van der Waals surface area contributed by atoms with Crippen molar-refractivity contribution in [2.24, 2.45) is 5.73 Å². The maximum atomic E-state index is 13.9. The minimum absolute atomic E-state index is 0.234. The van der Waals surface area contributed by atoms with Crippen LogP contribution >= 0.6 is 15.9 Å². The Balaban J connectivity index is 2.24. The number of nitrogens with zero attached hydrogens (tertiary/aromatic N) is 1.